The summed E-state index contributed by atoms with van der Waals surface area (Å²) < 4.78 is 6.41. The van der Waals surface area contributed by atoms with Gasteiger partial charge in [0.1, 0.15) is 6.54 Å². The summed E-state index contributed by atoms with van der Waals surface area (Å²) in [5.41, 5.74) is -0.926. The third kappa shape index (κ3) is 4.54. The van der Waals surface area contributed by atoms with Gasteiger partial charge >= 0.3 is 5.97 Å². The Balaban J connectivity index is 2.59. The molecule has 7 nitrogen and oxygen atoms in total. The summed E-state index contributed by atoms with van der Waals surface area (Å²) in [5.74, 6) is -1.30. The molecule has 0 aromatic carbocycles. The highest BCUT2D eigenvalue weighted by atomic mass is 16.5. The van der Waals surface area contributed by atoms with Gasteiger partial charge in [0.25, 0.3) is 0 Å². The van der Waals surface area contributed by atoms with E-state index in [0.717, 1.165) is 0 Å². The number of carboxylic acids is 1. The molecule has 0 aliphatic carbocycles. The molecule has 0 fully saturated rings. The number of aliphatic carboxylic acids is 1. The van der Waals surface area contributed by atoms with Crippen molar-refractivity contribution in [1.29, 1.82) is 0 Å². The molecule has 1 atom stereocenters. The Hall–Kier alpha value is -1.89. The second kappa shape index (κ2) is 6.15. The van der Waals surface area contributed by atoms with E-state index in [1.54, 1.807) is 25.4 Å². The fraction of sp³-hybridized carbons (Fsp3) is 0.545. The van der Waals surface area contributed by atoms with Gasteiger partial charge in [-0.3, -0.25) is 14.3 Å². The van der Waals surface area contributed by atoms with Gasteiger partial charge in [0.2, 0.25) is 5.91 Å². The van der Waals surface area contributed by atoms with Crippen molar-refractivity contribution < 1.29 is 19.4 Å². The standard InChI is InChI=1S/C11H17N3O4/c1-11(8-18-2,6-10(16)17)13-9(15)7-14-5-3-4-12-14/h3-5H,6-8H2,1-2H3,(H,13,15)(H,16,17). The number of carbonyl (C=O) groups excluding carboxylic acids is 1. The van der Waals surface area contributed by atoms with Gasteiger partial charge in [0.15, 0.2) is 0 Å². The van der Waals surface area contributed by atoms with Gasteiger partial charge in [-0.15, -0.1) is 0 Å². The van der Waals surface area contributed by atoms with Gasteiger partial charge in [-0.1, -0.05) is 0 Å². The van der Waals surface area contributed by atoms with Gasteiger partial charge < -0.3 is 15.2 Å². The third-order valence-corrected chi connectivity index (χ3v) is 2.31. The van der Waals surface area contributed by atoms with Crippen LogP contribution in [0.4, 0.5) is 0 Å². The second-order valence-electron chi connectivity index (χ2n) is 4.32. The number of aromatic nitrogens is 2. The number of hydrogen-bond donors (Lipinski definition) is 2. The highest BCUT2D eigenvalue weighted by Crippen LogP contribution is 2.10. The molecular weight excluding hydrogens is 238 g/mol. The first kappa shape index (κ1) is 14.2. The molecule has 1 unspecified atom stereocenters. The number of amides is 1. The van der Waals surface area contributed by atoms with Crippen LogP contribution in [0.3, 0.4) is 0 Å². The molecule has 0 saturated carbocycles. The summed E-state index contributed by atoms with van der Waals surface area (Å²) in [6.45, 7) is 1.81. The highest BCUT2D eigenvalue weighted by molar-refractivity contribution is 5.78. The number of ether oxygens (including phenoxy) is 1. The molecule has 0 radical (unpaired) electrons. The van der Waals surface area contributed by atoms with Crippen LogP contribution in [0.5, 0.6) is 0 Å². The molecule has 1 aromatic rings. The number of carbonyl (C=O) groups is 2. The Labute approximate surface area is 105 Å². The Morgan fingerprint density at radius 2 is 2.28 bits per heavy atom. The molecule has 0 aliphatic heterocycles. The van der Waals surface area contributed by atoms with Crippen LogP contribution in [-0.2, 0) is 20.9 Å². The normalized spacial score (nSPS) is 13.9. The van der Waals surface area contributed by atoms with Crippen molar-refractivity contribution >= 4 is 11.9 Å². The lowest BCUT2D eigenvalue weighted by atomic mass is 9.99. The minimum atomic E-state index is -0.992. The molecule has 0 aliphatic rings. The number of nitrogens with zero attached hydrogens (tertiary/aromatic N) is 2. The summed E-state index contributed by atoms with van der Waals surface area (Å²) in [7, 11) is 1.46. The number of carboxylic acid groups (broad SMARTS) is 1. The molecule has 0 saturated heterocycles. The molecule has 1 heterocycles. The topological polar surface area (TPSA) is 93.5 Å². The third-order valence-electron chi connectivity index (χ3n) is 2.31. The van der Waals surface area contributed by atoms with Crippen LogP contribution >= 0.6 is 0 Å². The lowest BCUT2D eigenvalue weighted by Crippen LogP contribution is -2.51. The molecule has 1 aromatic heterocycles. The molecule has 0 spiro atoms. The van der Waals surface area contributed by atoms with Gasteiger partial charge in [-0.2, -0.15) is 5.10 Å². The summed E-state index contributed by atoms with van der Waals surface area (Å²) >= 11 is 0. The molecule has 1 rings (SSSR count). The van der Waals surface area contributed by atoms with Crippen molar-refractivity contribution in [3.8, 4) is 0 Å². The minimum absolute atomic E-state index is 0.0475. The first-order valence-electron chi connectivity index (χ1n) is 5.44. The monoisotopic (exact) mass is 255 g/mol. The molecule has 0 bridgehead atoms. The van der Waals surface area contributed by atoms with E-state index in [2.05, 4.69) is 10.4 Å². The highest BCUT2D eigenvalue weighted by Gasteiger charge is 2.29. The molecule has 18 heavy (non-hydrogen) atoms. The summed E-state index contributed by atoms with van der Waals surface area (Å²) in [6, 6.07) is 1.71. The van der Waals surface area contributed by atoms with E-state index in [1.807, 2.05) is 0 Å². The van der Waals surface area contributed by atoms with Gasteiger partial charge in [0, 0.05) is 19.5 Å². The maximum absolute atomic E-state index is 11.8. The largest absolute Gasteiger partial charge is 0.481 e. The fourth-order valence-electron chi connectivity index (χ4n) is 1.70. The van der Waals surface area contributed by atoms with E-state index >= 15 is 0 Å². The van der Waals surface area contributed by atoms with Crippen molar-refractivity contribution in [2.24, 2.45) is 0 Å². The summed E-state index contributed by atoms with van der Waals surface area (Å²) in [5, 5.41) is 15.4. The number of rotatable bonds is 7. The first-order valence-corrected chi connectivity index (χ1v) is 5.44. The predicted octanol–water partition coefficient (Wildman–Crippen LogP) is -0.121. The Morgan fingerprint density at radius 3 is 2.78 bits per heavy atom. The van der Waals surface area contributed by atoms with Gasteiger partial charge in [-0.05, 0) is 13.0 Å². The number of methoxy groups -OCH3 is 1. The van der Waals surface area contributed by atoms with Crippen LogP contribution in [0.25, 0.3) is 0 Å². The number of nitrogens with one attached hydrogen (secondary N) is 1. The van der Waals surface area contributed by atoms with Crippen molar-refractivity contribution in [2.75, 3.05) is 13.7 Å². The summed E-state index contributed by atoms with van der Waals surface area (Å²) in [6.07, 6.45) is 3.02. The minimum Gasteiger partial charge on any atom is -0.481 e. The second-order valence-corrected chi connectivity index (χ2v) is 4.32. The molecule has 100 valence electrons. The smallest absolute Gasteiger partial charge is 0.305 e. The van der Waals surface area contributed by atoms with E-state index in [-0.39, 0.29) is 25.5 Å². The number of hydrogen-bond acceptors (Lipinski definition) is 4. The SMILES string of the molecule is COCC(C)(CC(=O)O)NC(=O)Cn1cccn1. The van der Waals surface area contributed by atoms with Crippen LogP contribution in [0.15, 0.2) is 18.5 Å². The Kier molecular flexibility index (Phi) is 4.85. The van der Waals surface area contributed by atoms with Gasteiger partial charge in [0.05, 0.1) is 18.6 Å². The van der Waals surface area contributed by atoms with Crippen molar-refractivity contribution in [3.63, 3.8) is 0 Å². The molecule has 7 heteroatoms. The maximum Gasteiger partial charge on any atom is 0.305 e. The zero-order valence-corrected chi connectivity index (χ0v) is 10.4. The van der Waals surface area contributed by atoms with Crippen LogP contribution < -0.4 is 5.32 Å². The quantitative estimate of drug-likeness (QED) is 0.708. The van der Waals surface area contributed by atoms with Crippen LogP contribution in [0.1, 0.15) is 13.3 Å². The zero-order valence-electron chi connectivity index (χ0n) is 10.4. The van der Waals surface area contributed by atoms with Crippen LogP contribution in [0, 0.1) is 0 Å². The van der Waals surface area contributed by atoms with Crippen LogP contribution in [-0.4, -0.2) is 46.0 Å². The van der Waals surface area contributed by atoms with E-state index in [9.17, 15) is 9.59 Å². The average molecular weight is 255 g/mol. The average Bonchev–Trinajstić information content (AvgIpc) is 2.67. The van der Waals surface area contributed by atoms with Crippen molar-refractivity contribution in [2.45, 2.75) is 25.4 Å². The van der Waals surface area contributed by atoms with Crippen molar-refractivity contribution in [1.82, 2.24) is 15.1 Å². The van der Waals surface area contributed by atoms with E-state index < -0.39 is 11.5 Å². The Bertz CT molecular complexity index is 404. The van der Waals surface area contributed by atoms with Crippen LogP contribution in [0.2, 0.25) is 0 Å². The lowest BCUT2D eigenvalue weighted by molar-refractivity contribution is -0.139. The molecule has 2 N–H and O–H groups in total. The first-order chi connectivity index (χ1) is 8.45. The van der Waals surface area contributed by atoms with Crippen molar-refractivity contribution in [3.05, 3.63) is 18.5 Å². The molecule has 1 amide bonds. The zero-order chi connectivity index (χ0) is 13.6. The van der Waals surface area contributed by atoms with Gasteiger partial charge in [-0.25, -0.2) is 0 Å². The lowest BCUT2D eigenvalue weighted by Gasteiger charge is -2.28. The summed E-state index contributed by atoms with van der Waals surface area (Å²) in [4.78, 5) is 22.5. The fourth-order valence-corrected chi connectivity index (χ4v) is 1.70. The van der Waals surface area contributed by atoms with E-state index in [0.29, 0.717) is 0 Å². The maximum atomic E-state index is 11.8. The molecular formula is C11H17N3O4. The van der Waals surface area contributed by atoms with E-state index in [4.69, 9.17) is 9.84 Å². The Morgan fingerprint density at radius 1 is 1.56 bits per heavy atom. The predicted molar refractivity (Wildman–Crippen MR) is 62.9 cm³/mol. The van der Waals surface area contributed by atoms with E-state index in [1.165, 1.54) is 11.8 Å².